The van der Waals surface area contributed by atoms with Crippen molar-refractivity contribution in [2.45, 2.75) is 31.7 Å². The first-order valence-electron chi connectivity index (χ1n) is 11.6. The lowest BCUT2D eigenvalue weighted by Gasteiger charge is -2.24. The van der Waals surface area contributed by atoms with Crippen molar-refractivity contribution >= 4 is 40.3 Å². The number of nitrogens with two attached hydrogens (primary N) is 1. The number of carbonyl (C=O) groups is 2. The smallest absolute Gasteiger partial charge is 0.243 e. The maximum atomic E-state index is 14.4. The highest BCUT2D eigenvalue weighted by atomic mass is 35.5. The molecule has 4 aromatic rings. The van der Waals surface area contributed by atoms with E-state index in [1.54, 1.807) is 16.8 Å². The van der Waals surface area contributed by atoms with E-state index in [-0.39, 0.29) is 42.5 Å². The lowest BCUT2D eigenvalue weighted by atomic mass is 10.1. The van der Waals surface area contributed by atoms with Gasteiger partial charge in [0, 0.05) is 30.3 Å². The van der Waals surface area contributed by atoms with Crippen molar-refractivity contribution in [3.63, 3.8) is 0 Å². The van der Waals surface area contributed by atoms with Crippen LogP contribution in [0.2, 0.25) is 5.02 Å². The average Bonchev–Trinajstić information content (AvgIpc) is 3.47. The van der Waals surface area contributed by atoms with Crippen LogP contribution in [0.1, 0.15) is 12.0 Å². The molecule has 1 fully saturated rings. The van der Waals surface area contributed by atoms with Gasteiger partial charge in [0.2, 0.25) is 11.8 Å². The molecule has 1 saturated heterocycles. The summed E-state index contributed by atoms with van der Waals surface area (Å²) in [5.74, 6) is -1.39. The number of nitrogens with zero attached hydrogens (tertiary/aromatic N) is 4. The standard InChI is InChI=1S/C26H23ClF2N6O2/c27-19-8-4-7-16(23(19)29)10-31-26(37)20-9-17(28)11-35(20)21(36)13-34-12-18(15-5-2-1-3-6-15)22-24(30)32-14-33-25(22)34/h1-8,12,14,17,20H,9-11,13H2,(H,31,37)(H2,30,32,33)/t17-,20+/m1/s1. The zero-order valence-electron chi connectivity index (χ0n) is 19.6. The molecule has 0 radical (unpaired) electrons. The number of anilines is 1. The fourth-order valence-corrected chi connectivity index (χ4v) is 4.83. The van der Waals surface area contributed by atoms with Crippen LogP contribution in [-0.2, 0) is 22.7 Å². The van der Waals surface area contributed by atoms with Crippen molar-refractivity contribution in [1.29, 1.82) is 0 Å². The van der Waals surface area contributed by atoms with E-state index >= 15 is 0 Å². The molecular formula is C26H23ClF2N6O2. The average molecular weight is 525 g/mol. The molecule has 0 bridgehead atoms. The summed E-state index contributed by atoms with van der Waals surface area (Å²) in [6, 6.07) is 12.9. The molecule has 0 spiro atoms. The number of rotatable bonds is 6. The van der Waals surface area contributed by atoms with E-state index in [1.165, 1.54) is 23.4 Å². The number of aromatic nitrogens is 3. The van der Waals surface area contributed by atoms with Crippen LogP contribution in [0, 0.1) is 5.82 Å². The highest BCUT2D eigenvalue weighted by Gasteiger charge is 2.39. The van der Waals surface area contributed by atoms with E-state index in [1.807, 2.05) is 30.3 Å². The van der Waals surface area contributed by atoms with Gasteiger partial charge in [-0.15, -0.1) is 0 Å². The van der Waals surface area contributed by atoms with Crippen LogP contribution in [0.3, 0.4) is 0 Å². The summed E-state index contributed by atoms with van der Waals surface area (Å²) in [5, 5.41) is 3.14. The number of nitrogens with one attached hydrogen (secondary N) is 1. The Morgan fingerprint density at radius 1 is 1.14 bits per heavy atom. The normalized spacial score (nSPS) is 17.3. The molecule has 2 amide bonds. The first kappa shape index (κ1) is 24.6. The number of nitrogen functional groups attached to an aromatic ring is 1. The zero-order chi connectivity index (χ0) is 26.1. The van der Waals surface area contributed by atoms with Gasteiger partial charge in [-0.3, -0.25) is 9.59 Å². The second-order valence-electron chi connectivity index (χ2n) is 8.82. The summed E-state index contributed by atoms with van der Waals surface area (Å²) in [5.41, 5.74) is 8.41. The summed E-state index contributed by atoms with van der Waals surface area (Å²) in [7, 11) is 0. The van der Waals surface area contributed by atoms with Crippen LogP contribution < -0.4 is 11.1 Å². The molecule has 3 N–H and O–H groups in total. The second-order valence-corrected chi connectivity index (χ2v) is 9.23. The van der Waals surface area contributed by atoms with Crippen molar-refractivity contribution in [3.05, 3.63) is 77.5 Å². The maximum absolute atomic E-state index is 14.4. The molecule has 11 heteroatoms. The number of fused-ring (bicyclic) bond motifs is 1. The number of amides is 2. The first-order chi connectivity index (χ1) is 17.8. The number of benzene rings is 2. The van der Waals surface area contributed by atoms with Crippen LogP contribution in [0.15, 0.2) is 61.1 Å². The molecule has 0 saturated carbocycles. The van der Waals surface area contributed by atoms with Gasteiger partial charge >= 0.3 is 0 Å². The van der Waals surface area contributed by atoms with Gasteiger partial charge in [0.15, 0.2) is 0 Å². The summed E-state index contributed by atoms with van der Waals surface area (Å²) < 4.78 is 30.2. The predicted molar refractivity (Wildman–Crippen MR) is 136 cm³/mol. The summed E-state index contributed by atoms with van der Waals surface area (Å²) in [4.78, 5) is 35.8. The van der Waals surface area contributed by atoms with Crippen LogP contribution in [0.5, 0.6) is 0 Å². The van der Waals surface area contributed by atoms with Crippen molar-refractivity contribution in [1.82, 2.24) is 24.8 Å². The molecule has 190 valence electrons. The van der Waals surface area contributed by atoms with Gasteiger partial charge in [0.05, 0.1) is 17.0 Å². The van der Waals surface area contributed by atoms with E-state index in [2.05, 4.69) is 15.3 Å². The van der Waals surface area contributed by atoms with Crippen molar-refractivity contribution in [2.24, 2.45) is 0 Å². The lowest BCUT2D eigenvalue weighted by Crippen LogP contribution is -2.46. The van der Waals surface area contributed by atoms with Gasteiger partial charge in [0.25, 0.3) is 0 Å². The zero-order valence-corrected chi connectivity index (χ0v) is 20.3. The lowest BCUT2D eigenvalue weighted by molar-refractivity contribution is -0.139. The largest absolute Gasteiger partial charge is 0.383 e. The number of hydrogen-bond donors (Lipinski definition) is 2. The minimum absolute atomic E-state index is 0.0634. The van der Waals surface area contributed by atoms with E-state index in [9.17, 15) is 18.4 Å². The van der Waals surface area contributed by atoms with E-state index < -0.39 is 29.8 Å². The Morgan fingerprint density at radius 2 is 1.92 bits per heavy atom. The predicted octanol–water partition coefficient (Wildman–Crippen LogP) is 3.73. The van der Waals surface area contributed by atoms with Crippen LogP contribution >= 0.6 is 11.6 Å². The Bertz CT molecular complexity index is 1480. The number of likely N-dealkylation sites (tertiary alicyclic amines) is 1. The Morgan fingerprint density at radius 3 is 2.70 bits per heavy atom. The van der Waals surface area contributed by atoms with Crippen molar-refractivity contribution < 1.29 is 18.4 Å². The molecular weight excluding hydrogens is 502 g/mol. The molecule has 0 aliphatic carbocycles. The maximum Gasteiger partial charge on any atom is 0.243 e. The van der Waals surface area contributed by atoms with E-state index in [4.69, 9.17) is 17.3 Å². The van der Waals surface area contributed by atoms with Gasteiger partial charge in [-0.2, -0.15) is 0 Å². The topological polar surface area (TPSA) is 106 Å². The third kappa shape index (κ3) is 4.84. The fourth-order valence-electron chi connectivity index (χ4n) is 4.63. The first-order valence-corrected chi connectivity index (χ1v) is 12.0. The molecule has 3 heterocycles. The highest BCUT2D eigenvalue weighted by Crippen LogP contribution is 2.33. The third-order valence-corrected chi connectivity index (χ3v) is 6.72. The molecule has 0 unspecified atom stereocenters. The Balaban J connectivity index is 1.37. The monoisotopic (exact) mass is 524 g/mol. The molecule has 2 aromatic heterocycles. The molecule has 2 aromatic carbocycles. The van der Waals surface area contributed by atoms with Crippen LogP contribution in [0.25, 0.3) is 22.2 Å². The summed E-state index contributed by atoms with van der Waals surface area (Å²) in [6.07, 6.45) is 1.56. The quantitative estimate of drug-likeness (QED) is 0.400. The molecule has 1 aliphatic heterocycles. The number of halogens is 3. The van der Waals surface area contributed by atoms with Gasteiger partial charge < -0.3 is 20.5 Å². The van der Waals surface area contributed by atoms with Gasteiger partial charge in [-0.05, 0) is 11.6 Å². The number of hydrogen-bond acceptors (Lipinski definition) is 5. The Kier molecular flexibility index (Phi) is 6.75. The minimum Gasteiger partial charge on any atom is -0.383 e. The molecule has 37 heavy (non-hydrogen) atoms. The van der Waals surface area contributed by atoms with E-state index in [0.29, 0.717) is 11.0 Å². The van der Waals surface area contributed by atoms with Crippen molar-refractivity contribution in [2.75, 3.05) is 12.3 Å². The SMILES string of the molecule is Nc1ncnc2c1c(-c1ccccc1)cn2CC(=O)N1C[C@H](F)C[C@H]1C(=O)NCc1cccc(Cl)c1F. The number of carbonyl (C=O) groups excluding carboxylic acids is 2. The molecule has 8 nitrogen and oxygen atoms in total. The molecule has 2 atom stereocenters. The van der Waals surface area contributed by atoms with E-state index in [0.717, 1.165) is 11.1 Å². The van der Waals surface area contributed by atoms with Gasteiger partial charge in [-0.1, -0.05) is 54.1 Å². The minimum atomic E-state index is -1.36. The third-order valence-electron chi connectivity index (χ3n) is 6.43. The van der Waals surface area contributed by atoms with Crippen molar-refractivity contribution in [3.8, 4) is 11.1 Å². The number of alkyl halides is 1. The fraction of sp³-hybridized carbons (Fsp3) is 0.231. The van der Waals surface area contributed by atoms with Crippen LogP contribution in [-0.4, -0.2) is 50.0 Å². The molecule has 5 rings (SSSR count). The summed E-state index contributed by atoms with van der Waals surface area (Å²) >= 11 is 5.80. The molecule has 1 aliphatic rings. The van der Waals surface area contributed by atoms with Gasteiger partial charge in [-0.25, -0.2) is 18.7 Å². The van der Waals surface area contributed by atoms with Gasteiger partial charge in [0.1, 0.15) is 42.4 Å². The van der Waals surface area contributed by atoms with Crippen LogP contribution in [0.4, 0.5) is 14.6 Å². The second kappa shape index (κ2) is 10.1. The Hall–Kier alpha value is -4.05. The Labute approximate surface area is 216 Å². The summed E-state index contributed by atoms with van der Waals surface area (Å²) in [6.45, 7) is -0.539. The highest BCUT2D eigenvalue weighted by molar-refractivity contribution is 6.30.